The molecule has 10 heteroatoms. The van der Waals surface area contributed by atoms with Crippen molar-refractivity contribution in [2.75, 3.05) is 12.4 Å². The molecule has 0 aliphatic carbocycles. The zero-order valence-electron chi connectivity index (χ0n) is 40.7. The topological polar surface area (TPSA) is 46.2 Å². The zero-order chi connectivity index (χ0) is 42.5. The fourth-order valence-corrected chi connectivity index (χ4v) is 35.5. The van der Waals surface area contributed by atoms with Crippen molar-refractivity contribution in [1.82, 2.24) is 0 Å². The average molecular weight is 850 g/mol. The van der Waals surface area contributed by atoms with Crippen LogP contribution in [0, 0.1) is 0 Å². The Morgan fingerprint density at radius 3 is 0.907 bits per heavy atom. The van der Waals surface area contributed by atoms with Crippen molar-refractivity contribution in [3.05, 3.63) is 0 Å². The Morgan fingerprint density at radius 2 is 0.648 bits per heavy atom. The maximum Gasteiger partial charge on any atom is 0.201 e. The van der Waals surface area contributed by atoms with E-state index in [1.165, 1.54) is 0 Å². The summed E-state index contributed by atoms with van der Waals surface area (Å²) in [6.45, 7) is 60.7. The smallest absolute Gasteiger partial charge is 0.201 e. The predicted octanol–water partition coefficient (Wildman–Crippen LogP) is 15.3. The molecule has 54 heavy (non-hydrogen) atoms. The third-order valence-electron chi connectivity index (χ3n) is 14.3. The molecule has 0 aromatic rings. The summed E-state index contributed by atoms with van der Waals surface area (Å²) in [6.07, 6.45) is -1.04. The van der Waals surface area contributed by atoms with Gasteiger partial charge in [-0.15, -0.1) is 11.8 Å². The second-order valence-corrected chi connectivity index (χ2v) is 43.9. The lowest BCUT2D eigenvalue weighted by molar-refractivity contribution is -0.193. The fraction of sp³-hybridized carbons (Fsp3) is 1.00. The molecule has 1 fully saturated rings. The molecule has 0 amide bonds. The number of hydrogen-bond acceptors (Lipinski definition) is 6. The summed E-state index contributed by atoms with van der Waals surface area (Å²) in [5.74, 6) is 0.947. The molecule has 0 bridgehead atoms. The lowest BCUT2D eigenvalue weighted by Gasteiger charge is -2.57. The highest BCUT2D eigenvalue weighted by molar-refractivity contribution is 7.99. The summed E-state index contributed by atoms with van der Waals surface area (Å²) in [6, 6.07) is 0. The molecule has 0 aromatic heterocycles. The van der Waals surface area contributed by atoms with Crippen LogP contribution in [0.25, 0.3) is 0 Å². The van der Waals surface area contributed by atoms with Crippen molar-refractivity contribution in [2.45, 2.75) is 269 Å². The van der Waals surface area contributed by atoms with E-state index in [9.17, 15) is 0 Å². The second kappa shape index (κ2) is 21.5. The minimum Gasteiger partial charge on any atom is -0.413 e. The molecular weight excluding hydrogens is 753 g/mol. The van der Waals surface area contributed by atoms with Crippen LogP contribution in [0.5, 0.6) is 0 Å². The van der Waals surface area contributed by atoms with Gasteiger partial charge in [0.25, 0.3) is 0 Å². The molecule has 5 atom stereocenters. The first-order valence-corrected chi connectivity index (χ1v) is 32.2. The van der Waals surface area contributed by atoms with Crippen molar-refractivity contribution in [2.24, 2.45) is 0 Å². The molecular formula is C44H96O5SSi4. The third kappa shape index (κ3) is 10.5. The monoisotopic (exact) mass is 849 g/mol. The highest BCUT2D eigenvalue weighted by Crippen LogP contribution is 2.52. The number of ether oxygens (including phenoxy) is 1. The Hall–Kier alpha value is 1.02. The SMILES string of the molecule is CCS[C@@H]1O[C@H](CO[Si](C(C)C)(C(C)C)C(C)C)[C@@H](O[Si](C(C)C)(C(C)C)C(C)C)[C@H](O[Si](C(C)C)(C(C)C)C(C)C)[C@H]1O[Si](C(C)C)(C(C)C)C(C)C. The standard InChI is InChI=1S/C44H96O5SSi4/c1-26-50-44-43(49-54(37(20)21,38(22)23)39(24)25)42(48-53(34(14)15,35(16)17)36(18)19)41(47-52(31(8)9,32(10)11)33(12)13)40(46-44)27-45-51(28(2)3,29(4)5)30(6)7/h28-44H,26-27H2,1-25H3/t40-,41-,42+,43-,44+/m1/s1. The van der Waals surface area contributed by atoms with Gasteiger partial charge in [0, 0.05) is 0 Å². The molecule has 1 aliphatic heterocycles. The van der Waals surface area contributed by atoms with Crippen molar-refractivity contribution in [3.63, 3.8) is 0 Å². The molecule has 0 N–H and O–H groups in total. The molecule has 0 saturated carbocycles. The maximum atomic E-state index is 8.24. The Labute approximate surface area is 347 Å². The van der Waals surface area contributed by atoms with E-state index in [1.54, 1.807) is 0 Å². The van der Waals surface area contributed by atoms with Gasteiger partial charge in [0.2, 0.25) is 25.0 Å². The molecule has 0 unspecified atom stereocenters. The highest BCUT2D eigenvalue weighted by Gasteiger charge is 2.60. The summed E-state index contributed by atoms with van der Waals surface area (Å²) in [5.41, 5.74) is 5.18. The first-order chi connectivity index (χ1) is 24.6. The van der Waals surface area contributed by atoms with E-state index in [1.807, 2.05) is 11.8 Å². The van der Waals surface area contributed by atoms with Crippen molar-refractivity contribution in [3.8, 4) is 0 Å². The Bertz CT molecular complexity index is 990. The van der Waals surface area contributed by atoms with Gasteiger partial charge in [-0.05, 0) is 72.2 Å². The fourth-order valence-electron chi connectivity index (χ4n) is 12.4. The van der Waals surface area contributed by atoms with E-state index in [0.29, 0.717) is 73.1 Å². The average Bonchev–Trinajstić information content (AvgIpc) is 3.00. The van der Waals surface area contributed by atoms with E-state index >= 15 is 0 Å². The normalized spacial score (nSPS) is 22.9. The molecule has 1 aliphatic rings. The summed E-state index contributed by atoms with van der Waals surface area (Å²) in [5, 5.41) is 0. The summed E-state index contributed by atoms with van der Waals surface area (Å²) >= 11 is 1.91. The van der Waals surface area contributed by atoms with E-state index in [2.05, 4.69) is 173 Å². The van der Waals surface area contributed by atoms with Crippen LogP contribution in [0.4, 0.5) is 0 Å². The Balaban J connectivity index is 4.51. The summed E-state index contributed by atoms with van der Waals surface area (Å²) in [4.78, 5) is 0. The molecule has 5 nitrogen and oxygen atoms in total. The first kappa shape index (κ1) is 53.0. The number of rotatable bonds is 23. The van der Waals surface area contributed by atoms with Gasteiger partial charge in [0.05, 0.1) is 6.61 Å². The van der Waals surface area contributed by atoms with Gasteiger partial charge in [-0.3, -0.25) is 0 Å². The molecule has 324 valence electrons. The number of thioether (sulfide) groups is 1. The van der Waals surface area contributed by atoms with E-state index in [-0.39, 0.29) is 29.9 Å². The minimum atomic E-state index is -2.43. The van der Waals surface area contributed by atoms with E-state index in [0.717, 1.165) is 5.75 Å². The Kier molecular flexibility index (Phi) is 21.1. The van der Waals surface area contributed by atoms with Gasteiger partial charge in [0.1, 0.15) is 29.9 Å². The van der Waals surface area contributed by atoms with Crippen molar-refractivity contribution >= 4 is 45.0 Å². The van der Waals surface area contributed by atoms with Crippen LogP contribution in [0.2, 0.25) is 66.5 Å². The van der Waals surface area contributed by atoms with Gasteiger partial charge in [-0.25, -0.2) is 0 Å². The third-order valence-corrected chi connectivity index (χ3v) is 39.7. The molecule has 1 rings (SSSR count). The van der Waals surface area contributed by atoms with Gasteiger partial charge >= 0.3 is 0 Å². The maximum absolute atomic E-state index is 8.24. The molecule has 1 heterocycles. The second-order valence-electron chi connectivity index (χ2n) is 20.8. The largest absolute Gasteiger partial charge is 0.413 e. The summed E-state index contributed by atoms with van der Waals surface area (Å²) < 4.78 is 39.6. The van der Waals surface area contributed by atoms with E-state index in [4.69, 9.17) is 22.4 Å². The predicted molar refractivity (Wildman–Crippen MR) is 252 cm³/mol. The summed E-state index contributed by atoms with van der Waals surface area (Å²) in [7, 11) is -9.46. The van der Waals surface area contributed by atoms with E-state index < -0.39 is 33.3 Å². The van der Waals surface area contributed by atoms with Crippen LogP contribution in [0.1, 0.15) is 173 Å². The highest BCUT2D eigenvalue weighted by atomic mass is 32.2. The van der Waals surface area contributed by atoms with Crippen molar-refractivity contribution < 1.29 is 22.4 Å². The van der Waals surface area contributed by atoms with Gasteiger partial charge in [-0.1, -0.05) is 173 Å². The molecule has 1 saturated heterocycles. The van der Waals surface area contributed by atoms with Crippen LogP contribution >= 0.6 is 11.8 Å². The van der Waals surface area contributed by atoms with Crippen molar-refractivity contribution in [1.29, 1.82) is 0 Å². The quantitative estimate of drug-likeness (QED) is 0.0955. The van der Waals surface area contributed by atoms with Crippen LogP contribution in [0.15, 0.2) is 0 Å². The van der Waals surface area contributed by atoms with Gasteiger partial charge in [-0.2, -0.15) is 0 Å². The lowest BCUT2D eigenvalue weighted by atomic mass is 10.0. The molecule has 0 spiro atoms. The van der Waals surface area contributed by atoms with Crippen LogP contribution in [-0.2, 0) is 22.4 Å². The van der Waals surface area contributed by atoms with Crippen LogP contribution in [-0.4, -0.2) is 75.5 Å². The zero-order valence-corrected chi connectivity index (χ0v) is 45.5. The van der Waals surface area contributed by atoms with Gasteiger partial charge < -0.3 is 22.4 Å². The minimum absolute atomic E-state index is 0.170. The first-order valence-electron chi connectivity index (χ1n) is 22.6. The van der Waals surface area contributed by atoms with Crippen LogP contribution < -0.4 is 0 Å². The van der Waals surface area contributed by atoms with Gasteiger partial charge in [0.15, 0.2) is 8.32 Å². The van der Waals surface area contributed by atoms with Crippen LogP contribution in [0.3, 0.4) is 0 Å². The molecule has 0 aromatic carbocycles. The lowest BCUT2D eigenvalue weighted by Crippen LogP contribution is -2.69. The number of hydrogen-bond donors (Lipinski definition) is 0. The molecule has 0 radical (unpaired) electrons. The Morgan fingerprint density at radius 1 is 0.389 bits per heavy atom.